The van der Waals surface area contributed by atoms with Crippen molar-refractivity contribution in [3.63, 3.8) is 0 Å². The predicted octanol–water partition coefficient (Wildman–Crippen LogP) is 1.37. The van der Waals surface area contributed by atoms with E-state index >= 15 is 0 Å². The van der Waals surface area contributed by atoms with Crippen molar-refractivity contribution in [3.8, 4) is 0 Å². The van der Waals surface area contributed by atoms with Crippen LogP contribution in [0.5, 0.6) is 0 Å². The van der Waals surface area contributed by atoms with E-state index in [0.29, 0.717) is 0 Å². The summed E-state index contributed by atoms with van der Waals surface area (Å²) in [4.78, 5) is 11.8. The molecule has 0 saturated carbocycles. The van der Waals surface area contributed by atoms with E-state index in [0.717, 1.165) is 11.1 Å². The molecule has 0 aromatic heterocycles. The number of benzene rings is 2. The Hall–Kier alpha value is -2.29. The van der Waals surface area contributed by atoms with E-state index in [-0.39, 0.29) is 19.1 Å². The third kappa shape index (κ3) is 5.85. The molecule has 1 aliphatic rings. The van der Waals surface area contributed by atoms with E-state index in [1.54, 1.807) is 0 Å². The Bertz CT molecular complexity index is 756. The molecule has 2 aromatic carbocycles. The largest absolute Gasteiger partial charge is 0.394 e. The normalized spacial score (nSPS) is 26.8. The van der Waals surface area contributed by atoms with Gasteiger partial charge >= 0.3 is 0 Å². The Kier molecular flexibility index (Phi) is 7.74. The fourth-order valence-corrected chi connectivity index (χ4v) is 3.32. The highest BCUT2D eigenvalue weighted by Crippen LogP contribution is 2.26. The molecule has 0 aliphatic carbocycles. The van der Waals surface area contributed by atoms with Gasteiger partial charge in [-0.15, -0.1) is 0 Å². The van der Waals surface area contributed by atoms with Gasteiger partial charge in [0.05, 0.1) is 19.8 Å². The predicted molar refractivity (Wildman–Crippen MR) is 106 cm³/mol. The van der Waals surface area contributed by atoms with Crippen LogP contribution in [0, 0.1) is 0 Å². The number of rotatable bonds is 8. The monoisotopic (exact) mass is 401 g/mol. The van der Waals surface area contributed by atoms with Crippen LogP contribution in [-0.2, 0) is 32.2 Å². The molecule has 156 valence electrons. The quantitative estimate of drug-likeness (QED) is 0.618. The second-order valence-corrected chi connectivity index (χ2v) is 7.00. The van der Waals surface area contributed by atoms with Crippen LogP contribution in [0.1, 0.15) is 18.1 Å². The average molecular weight is 401 g/mol. The second kappa shape index (κ2) is 10.5. The molecule has 0 spiro atoms. The molecule has 5 atom stereocenters. The molecule has 2 aromatic rings. The van der Waals surface area contributed by atoms with Crippen LogP contribution >= 0.6 is 0 Å². The molecule has 7 nitrogen and oxygen atoms in total. The molecule has 29 heavy (non-hydrogen) atoms. The number of hydrogen-bond donors (Lipinski definition) is 3. The highest BCUT2D eigenvalue weighted by atomic mass is 16.7. The zero-order chi connectivity index (χ0) is 20.6. The summed E-state index contributed by atoms with van der Waals surface area (Å²) in [5, 5.41) is 23.1. The number of nitrogens with one attached hydrogen (secondary N) is 1. The topological polar surface area (TPSA) is 97.3 Å². The molecule has 1 saturated heterocycles. The molecule has 1 fully saturated rings. The SMILES string of the molecule is CC(=O)N[C@H]1[C@H](OCc2ccccc2)O[C@H](CO)[C@@H](O)[C@@H]1OCc1ccccc1. The highest BCUT2D eigenvalue weighted by Gasteiger charge is 2.46. The van der Waals surface area contributed by atoms with E-state index in [1.807, 2.05) is 60.7 Å². The van der Waals surface area contributed by atoms with Gasteiger partial charge in [0.1, 0.15) is 24.4 Å². The first-order chi connectivity index (χ1) is 14.1. The Morgan fingerprint density at radius 2 is 1.55 bits per heavy atom. The molecule has 0 unspecified atom stereocenters. The maximum absolute atomic E-state index is 11.8. The fraction of sp³-hybridized carbons (Fsp3) is 0.409. The van der Waals surface area contributed by atoms with Crippen LogP contribution in [-0.4, -0.2) is 53.4 Å². The number of carbonyl (C=O) groups is 1. The Morgan fingerprint density at radius 3 is 2.07 bits per heavy atom. The maximum Gasteiger partial charge on any atom is 0.217 e. The Morgan fingerprint density at radius 1 is 1.00 bits per heavy atom. The van der Waals surface area contributed by atoms with E-state index in [9.17, 15) is 15.0 Å². The van der Waals surface area contributed by atoms with Crippen molar-refractivity contribution in [1.82, 2.24) is 5.32 Å². The molecule has 1 amide bonds. The first-order valence-corrected chi connectivity index (χ1v) is 9.61. The third-order valence-electron chi connectivity index (χ3n) is 4.77. The van der Waals surface area contributed by atoms with Gasteiger partial charge in [0.15, 0.2) is 6.29 Å². The summed E-state index contributed by atoms with van der Waals surface area (Å²) in [6.07, 6.45) is -3.72. The molecule has 7 heteroatoms. The zero-order valence-electron chi connectivity index (χ0n) is 16.3. The first kappa shape index (κ1) is 21.4. The molecule has 0 radical (unpaired) electrons. The average Bonchev–Trinajstić information content (AvgIpc) is 2.74. The Labute approximate surface area is 170 Å². The number of aliphatic hydroxyl groups excluding tert-OH is 2. The van der Waals surface area contributed by atoms with Crippen LogP contribution in [0.2, 0.25) is 0 Å². The molecule has 0 bridgehead atoms. The molecule has 1 aliphatic heterocycles. The summed E-state index contributed by atoms with van der Waals surface area (Å²) in [5.41, 5.74) is 1.86. The van der Waals surface area contributed by atoms with Crippen molar-refractivity contribution in [2.24, 2.45) is 0 Å². The summed E-state index contributed by atoms with van der Waals surface area (Å²) in [6.45, 7) is 1.47. The van der Waals surface area contributed by atoms with Crippen LogP contribution < -0.4 is 5.32 Å². The highest BCUT2D eigenvalue weighted by molar-refractivity contribution is 5.73. The fourth-order valence-electron chi connectivity index (χ4n) is 3.32. The lowest BCUT2D eigenvalue weighted by atomic mass is 9.96. The van der Waals surface area contributed by atoms with Crippen LogP contribution in [0.4, 0.5) is 0 Å². The van der Waals surface area contributed by atoms with Crippen LogP contribution in [0.15, 0.2) is 60.7 Å². The number of hydrogen-bond acceptors (Lipinski definition) is 6. The molecular formula is C22H27NO6. The third-order valence-corrected chi connectivity index (χ3v) is 4.77. The van der Waals surface area contributed by atoms with Gasteiger partial charge in [-0.25, -0.2) is 0 Å². The van der Waals surface area contributed by atoms with E-state index in [4.69, 9.17) is 14.2 Å². The zero-order valence-corrected chi connectivity index (χ0v) is 16.3. The maximum atomic E-state index is 11.8. The molecule has 1 heterocycles. The molecule has 3 N–H and O–H groups in total. The van der Waals surface area contributed by atoms with E-state index < -0.39 is 37.3 Å². The van der Waals surface area contributed by atoms with Crippen molar-refractivity contribution >= 4 is 5.91 Å². The number of ether oxygens (including phenoxy) is 3. The summed E-state index contributed by atoms with van der Waals surface area (Å²) in [7, 11) is 0. The van der Waals surface area contributed by atoms with E-state index in [2.05, 4.69) is 5.32 Å². The summed E-state index contributed by atoms with van der Waals surface area (Å²) < 4.78 is 17.6. The lowest BCUT2D eigenvalue weighted by Crippen LogP contribution is -2.65. The van der Waals surface area contributed by atoms with Gasteiger partial charge in [0, 0.05) is 6.92 Å². The molecule has 3 rings (SSSR count). The van der Waals surface area contributed by atoms with Crippen molar-refractivity contribution in [1.29, 1.82) is 0 Å². The van der Waals surface area contributed by atoms with Gasteiger partial charge in [-0.05, 0) is 11.1 Å². The van der Waals surface area contributed by atoms with Gasteiger partial charge in [-0.3, -0.25) is 4.79 Å². The molecular weight excluding hydrogens is 374 g/mol. The number of carbonyl (C=O) groups excluding carboxylic acids is 1. The van der Waals surface area contributed by atoms with Gasteiger partial charge in [0.2, 0.25) is 5.91 Å². The minimum absolute atomic E-state index is 0.238. The van der Waals surface area contributed by atoms with Crippen molar-refractivity contribution in [2.75, 3.05) is 6.61 Å². The lowest BCUT2D eigenvalue weighted by Gasteiger charge is -2.44. The van der Waals surface area contributed by atoms with Crippen molar-refractivity contribution in [3.05, 3.63) is 71.8 Å². The lowest BCUT2D eigenvalue weighted by molar-refractivity contribution is -0.281. The summed E-state index contributed by atoms with van der Waals surface area (Å²) in [6, 6.07) is 18.3. The van der Waals surface area contributed by atoms with Gasteiger partial charge < -0.3 is 29.7 Å². The van der Waals surface area contributed by atoms with E-state index in [1.165, 1.54) is 6.92 Å². The van der Waals surface area contributed by atoms with Gasteiger partial charge in [-0.2, -0.15) is 0 Å². The van der Waals surface area contributed by atoms with Crippen LogP contribution in [0.25, 0.3) is 0 Å². The van der Waals surface area contributed by atoms with Crippen LogP contribution in [0.3, 0.4) is 0 Å². The van der Waals surface area contributed by atoms with Gasteiger partial charge in [0.25, 0.3) is 0 Å². The first-order valence-electron chi connectivity index (χ1n) is 9.61. The standard InChI is InChI=1S/C22H27NO6/c1-15(25)23-19-21(27-13-16-8-4-2-5-9-16)20(26)18(12-24)29-22(19)28-14-17-10-6-3-7-11-17/h2-11,18-22,24,26H,12-14H2,1H3,(H,23,25)/t18-,19-,20-,21-,22-/m1/s1. The summed E-state index contributed by atoms with van der Waals surface area (Å²) >= 11 is 0. The number of amides is 1. The smallest absolute Gasteiger partial charge is 0.217 e. The minimum atomic E-state index is -1.13. The van der Waals surface area contributed by atoms with Crippen molar-refractivity contribution in [2.45, 2.75) is 50.8 Å². The minimum Gasteiger partial charge on any atom is -0.394 e. The van der Waals surface area contributed by atoms with Gasteiger partial charge in [-0.1, -0.05) is 60.7 Å². The van der Waals surface area contributed by atoms with Crippen molar-refractivity contribution < 1.29 is 29.2 Å². The second-order valence-electron chi connectivity index (χ2n) is 7.00. The Balaban J connectivity index is 1.76. The summed E-state index contributed by atoms with van der Waals surface area (Å²) in [5.74, 6) is -0.296. The number of aliphatic hydroxyl groups is 2.